The molecule has 0 unspecified atom stereocenters. The van der Waals surface area contributed by atoms with Gasteiger partial charge in [0, 0.05) is 24.9 Å². The van der Waals surface area contributed by atoms with Gasteiger partial charge in [0.2, 0.25) is 0 Å². The first-order chi connectivity index (χ1) is 7.34. The van der Waals surface area contributed by atoms with Gasteiger partial charge in [-0.15, -0.1) is 0 Å². The van der Waals surface area contributed by atoms with E-state index in [4.69, 9.17) is 5.11 Å². The molecular formula is C12H25NOS. The van der Waals surface area contributed by atoms with Gasteiger partial charge in [-0.1, -0.05) is 19.8 Å². The number of hydrogen-bond acceptors (Lipinski definition) is 3. The van der Waals surface area contributed by atoms with E-state index in [9.17, 15) is 0 Å². The molecule has 1 aliphatic carbocycles. The lowest BCUT2D eigenvalue weighted by Gasteiger charge is -2.29. The van der Waals surface area contributed by atoms with Crippen LogP contribution in [0.3, 0.4) is 0 Å². The Morgan fingerprint density at radius 3 is 2.80 bits per heavy atom. The van der Waals surface area contributed by atoms with Crippen molar-refractivity contribution in [1.29, 1.82) is 0 Å². The van der Waals surface area contributed by atoms with Gasteiger partial charge in [0.05, 0.1) is 0 Å². The first-order valence-corrected chi connectivity index (χ1v) is 7.42. The molecule has 15 heavy (non-hydrogen) atoms. The van der Waals surface area contributed by atoms with E-state index >= 15 is 0 Å². The zero-order chi connectivity index (χ0) is 10.9. The summed E-state index contributed by atoms with van der Waals surface area (Å²) >= 11 is 1.95. The van der Waals surface area contributed by atoms with Gasteiger partial charge in [0.15, 0.2) is 0 Å². The highest BCUT2D eigenvalue weighted by Crippen LogP contribution is 2.23. The zero-order valence-electron chi connectivity index (χ0n) is 9.87. The molecule has 2 N–H and O–H groups in total. The predicted octanol–water partition coefficient (Wildman–Crippen LogP) is 2.27. The van der Waals surface area contributed by atoms with Gasteiger partial charge in [-0.3, -0.25) is 0 Å². The number of nitrogens with one attached hydrogen (secondary N) is 1. The highest BCUT2D eigenvalue weighted by Gasteiger charge is 2.19. The van der Waals surface area contributed by atoms with Crippen molar-refractivity contribution in [3.05, 3.63) is 0 Å². The van der Waals surface area contributed by atoms with Crippen LogP contribution in [0.2, 0.25) is 0 Å². The van der Waals surface area contributed by atoms with Gasteiger partial charge >= 0.3 is 0 Å². The molecule has 0 aromatic heterocycles. The second-order valence-electron chi connectivity index (χ2n) is 4.51. The smallest absolute Gasteiger partial charge is 0.0438 e. The topological polar surface area (TPSA) is 32.3 Å². The number of hydrogen-bond donors (Lipinski definition) is 2. The highest BCUT2D eigenvalue weighted by atomic mass is 32.2. The molecule has 0 bridgehead atoms. The fourth-order valence-electron chi connectivity index (χ4n) is 2.20. The second-order valence-corrected chi connectivity index (χ2v) is 5.74. The molecule has 0 amide bonds. The quantitative estimate of drug-likeness (QED) is 0.659. The molecule has 0 aromatic carbocycles. The van der Waals surface area contributed by atoms with Crippen LogP contribution in [0.5, 0.6) is 0 Å². The Bertz CT molecular complexity index is 155. The van der Waals surface area contributed by atoms with Crippen LogP contribution < -0.4 is 5.32 Å². The maximum Gasteiger partial charge on any atom is 0.0438 e. The van der Waals surface area contributed by atoms with Gasteiger partial charge in [0.25, 0.3) is 0 Å². The van der Waals surface area contributed by atoms with Crippen molar-refractivity contribution >= 4 is 11.8 Å². The lowest BCUT2D eigenvalue weighted by atomic mass is 9.86. The maximum absolute atomic E-state index is 8.63. The maximum atomic E-state index is 8.63. The van der Waals surface area contributed by atoms with E-state index in [2.05, 4.69) is 12.2 Å². The van der Waals surface area contributed by atoms with E-state index in [0.29, 0.717) is 6.61 Å². The Hall–Kier alpha value is 0.270. The van der Waals surface area contributed by atoms with Crippen LogP contribution in [-0.4, -0.2) is 35.8 Å². The summed E-state index contributed by atoms with van der Waals surface area (Å²) in [6.07, 6.45) is 6.52. The summed E-state index contributed by atoms with van der Waals surface area (Å²) in [6.45, 7) is 3.83. The van der Waals surface area contributed by atoms with Crippen LogP contribution >= 0.6 is 11.8 Å². The van der Waals surface area contributed by atoms with Crippen molar-refractivity contribution in [1.82, 2.24) is 5.32 Å². The summed E-state index contributed by atoms with van der Waals surface area (Å²) in [5.74, 6) is 3.14. The lowest BCUT2D eigenvalue weighted by molar-refractivity contribution is 0.285. The molecule has 2 nitrogen and oxygen atoms in total. The third-order valence-corrected chi connectivity index (χ3v) is 4.28. The monoisotopic (exact) mass is 231 g/mol. The first kappa shape index (κ1) is 13.3. The van der Waals surface area contributed by atoms with Crippen LogP contribution in [0.15, 0.2) is 0 Å². The molecule has 1 aliphatic rings. The molecule has 2 atom stereocenters. The van der Waals surface area contributed by atoms with E-state index in [1.165, 1.54) is 31.4 Å². The van der Waals surface area contributed by atoms with Crippen LogP contribution in [0.25, 0.3) is 0 Å². The van der Waals surface area contributed by atoms with Gasteiger partial charge in [-0.25, -0.2) is 0 Å². The third kappa shape index (κ3) is 5.79. The van der Waals surface area contributed by atoms with E-state index in [-0.39, 0.29) is 0 Å². The normalized spacial score (nSPS) is 26.8. The van der Waals surface area contributed by atoms with E-state index < -0.39 is 0 Å². The standard InChI is InChI=1S/C12H25NOS/c1-11-5-2-3-6-12(11)13-7-10-15-9-4-8-14/h11-14H,2-10H2,1H3/t11-,12-/m1/s1. The van der Waals surface area contributed by atoms with Gasteiger partial charge in [-0.2, -0.15) is 11.8 Å². The second kappa shape index (κ2) is 8.43. The average molecular weight is 231 g/mol. The summed E-state index contributed by atoms with van der Waals surface area (Å²) in [7, 11) is 0. The third-order valence-electron chi connectivity index (χ3n) is 3.21. The highest BCUT2D eigenvalue weighted by molar-refractivity contribution is 7.99. The Labute approximate surface area is 98.2 Å². The number of aliphatic hydroxyl groups excluding tert-OH is 1. The Morgan fingerprint density at radius 1 is 1.27 bits per heavy atom. The zero-order valence-corrected chi connectivity index (χ0v) is 10.7. The molecule has 1 rings (SSSR count). The van der Waals surface area contributed by atoms with Crippen LogP contribution in [0.4, 0.5) is 0 Å². The summed E-state index contributed by atoms with van der Waals surface area (Å²) in [5, 5.41) is 12.3. The van der Waals surface area contributed by atoms with Crippen molar-refractivity contribution < 1.29 is 5.11 Å². The van der Waals surface area contributed by atoms with Crippen LogP contribution in [0, 0.1) is 5.92 Å². The fraction of sp³-hybridized carbons (Fsp3) is 1.00. The first-order valence-electron chi connectivity index (χ1n) is 6.26. The Balaban J connectivity index is 1.94. The molecular weight excluding hydrogens is 206 g/mol. The van der Waals surface area contributed by atoms with Crippen molar-refractivity contribution in [2.75, 3.05) is 24.7 Å². The molecule has 90 valence electrons. The summed E-state index contributed by atoms with van der Waals surface area (Å²) in [4.78, 5) is 0. The summed E-state index contributed by atoms with van der Waals surface area (Å²) in [6, 6.07) is 0.761. The van der Waals surface area contributed by atoms with E-state index in [1.54, 1.807) is 0 Å². The molecule has 0 aliphatic heterocycles. The fourth-order valence-corrected chi connectivity index (χ4v) is 3.00. The average Bonchev–Trinajstić information content (AvgIpc) is 2.25. The number of thioether (sulfide) groups is 1. The van der Waals surface area contributed by atoms with Crippen molar-refractivity contribution in [2.24, 2.45) is 5.92 Å². The van der Waals surface area contributed by atoms with Crippen molar-refractivity contribution in [2.45, 2.75) is 45.1 Å². The number of aliphatic hydroxyl groups is 1. The molecule has 0 spiro atoms. The van der Waals surface area contributed by atoms with Gasteiger partial charge in [0.1, 0.15) is 0 Å². The van der Waals surface area contributed by atoms with E-state index in [0.717, 1.165) is 30.7 Å². The van der Waals surface area contributed by atoms with Gasteiger partial charge in [-0.05, 0) is 30.9 Å². The largest absolute Gasteiger partial charge is 0.396 e. The lowest BCUT2D eigenvalue weighted by Crippen LogP contribution is -2.38. The minimum Gasteiger partial charge on any atom is -0.396 e. The Kier molecular flexibility index (Phi) is 7.49. The van der Waals surface area contributed by atoms with Crippen LogP contribution in [0.1, 0.15) is 39.0 Å². The molecule has 0 saturated heterocycles. The molecule has 1 saturated carbocycles. The summed E-state index contributed by atoms with van der Waals surface area (Å²) in [5.41, 5.74) is 0. The predicted molar refractivity (Wildman–Crippen MR) is 68.5 cm³/mol. The summed E-state index contributed by atoms with van der Waals surface area (Å²) < 4.78 is 0. The SMILES string of the molecule is C[C@@H]1CCCC[C@H]1NCCSCCCO. The molecule has 0 aromatic rings. The molecule has 1 fully saturated rings. The van der Waals surface area contributed by atoms with Gasteiger partial charge < -0.3 is 10.4 Å². The minimum atomic E-state index is 0.333. The van der Waals surface area contributed by atoms with Crippen LogP contribution in [-0.2, 0) is 0 Å². The Morgan fingerprint density at radius 2 is 2.07 bits per heavy atom. The molecule has 0 radical (unpaired) electrons. The molecule has 0 heterocycles. The van der Waals surface area contributed by atoms with Crippen molar-refractivity contribution in [3.63, 3.8) is 0 Å². The molecule has 3 heteroatoms. The van der Waals surface area contributed by atoms with Crippen molar-refractivity contribution in [3.8, 4) is 0 Å². The van der Waals surface area contributed by atoms with E-state index in [1.807, 2.05) is 11.8 Å². The number of rotatable bonds is 7. The minimum absolute atomic E-state index is 0.333.